The molecular weight excluding hydrogens is 280 g/mol. The molecule has 0 atom stereocenters. The van der Waals surface area contributed by atoms with Crippen LogP contribution in [0.2, 0.25) is 0 Å². The van der Waals surface area contributed by atoms with E-state index in [1.54, 1.807) is 20.0 Å². The Balaban J connectivity index is 2.40. The van der Waals surface area contributed by atoms with Gasteiger partial charge in [0.15, 0.2) is 0 Å². The summed E-state index contributed by atoms with van der Waals surface area (Å²) in [4.78, 5) is 16.2. The third kappa shape index (κ3) is 2.64. The first kappa shape index (κ1) is 12.0. The van der Waals surface area contributed by atoms with E-state index in [4.69, 9.17) is 0 Å². The Kier molecular flexibility index (Phi) is 3.15. The van der Waals surface area contributed by atoms with Gasteiger partial charge in [0.05, 0.1) is 15.5 Å². The summed E-state index contributed by atoms with van der Waals surface area (Å²) in [5.41, 5.74) is 1.54. The minimum Gasteiger partial charge on any atom is -0.323 e. The highest BCUT2D eigenvalue weighted by Crippen LogP contribution is 2.23. The number of hydrogen-bond donors (Lipinski definition) is 1. The van der Waals surface area contributed by atoms with E-state index in [-0.39, 0.29) is 5.91 Å². The molecule has 0 radical (unpaired) electrons. The molecule has 88 valence electrons. The number of amides is 1. The van der Waals surface area contributed by atoms with Crippen molar-refractivity contribution in [3.05, 3.63) is 36.5 Å². The molecule has 0 fully saturated rings. The fourth-order valence-electron chi connectivity index (χ4n) is 1.48. The molecule has 1 heterocycles. The molecule has 1 amide bonds. The van der Waals surface area contributed by atoms with Crippen LogP contribution in [0.5, 0.6) is 0 Å². The lowest BCUT2D eigenvalue weighted by Crippen LogP contribution is -2.31. The number of carbonyl (C=O) groups excluding carboxylic acids is 1. The largest absolute Gasteiger partial charge is 0.323 e. The fourth-order valence-corrected chi connectivity index (χ4v) is 1.58. The highest BCUT2D eigenvalue weighted by Gasteiger charge is 2.24. The predicted octanol–water partition coefficient (Wildman–Crippen LogP) is 3.35. The van der Waals surface area contributed by atoms with E-state index >= 15 is 0 Å². The molecule has 4 heteroatoms. The summed E-state index contributed by atoms with van der Waals surface area (Å²) in [6.07, 6.45) is 1.72. The van der Waals surface area contributed by atoms with Gasteiger partial charge in [0, 0.05) is 11.6 Å². The van der Waals surface area contributed by atoms with Crippen LogP contribution in [0, 0.1) is 0 Å². The highest BCUT2D eigenvalue weighted by atomic mass is 79.9. The number of benzene rings is 1. The summed E-state index contributed by atoms with van der Waals surface area (Å²) in [6, 6.07) is 9.57. The van der Waals surface area contributed by atoms with Crippen molar-refractivity contribution in [2.45, 2.75) is 18.2 Å². The molecule has 3 nitrogen and oxygen atoms in total. The van der Waals surface area contributed by atoms with Crippen LogP contribution in [-0.2, 0) is 4.79 Å². The SMILES string of the molecule is CC(C)(Br)C(=O)Nc1cccc2cccnc12. The second-order valence-electron chi connectivity index (χ2n) is 4.31. The zero-order valence-corrected chi connectivity index (χ0v) is 11.3. The number of anilines is 1. The highest BCUT2D eigenvalue weighted by molar-refractivity contribution is 9.10. The van der Waals surface area contributed by atoms with Crippen molar-refractivity contribution in [3.8, 4) is 0 Å². The minimum atomic E-state index is -0.593. The molecule has 0 aliphatic carbocycles. The lowest BCUT2D eigenvalue weighted by molar-refractivity contribution is -0.117. The van der Waals surface area contributed by atoms with Gasteiger partial charge in [-0.2, -0.15) is 0 Å². The molecule has 0 spiro atoms. The molecule has 2 aromatic rings. The van der Waals surface area contributed by atoms with Crippen molar-refractivity contribution in [1.82, 2.24) is 4.98 Å². The number of nitrogens with zero attached hydrogens (tertiary/aromatic N) is 1. The Hall–Kier alpha value is -1.42. The van der Waals surface area contributed by atoms with Crippen LogP contribution >= 0.6 is 15.9 Å². The Morgan fingerprint density at radius 2 is 2.00 bits per heavy atom. The maximum absolute atomic E-state index is 11.9. The number of pyridine rings is 1. The molecule has 0 aliphatic heterocycles. The number of rotatable bonds is 2. The smallest absolute Gasteiger partial charge is 0.240 e. The second-order valence-corrected chi connectivity index (χ2v) is 6.29. The van der Waals surface area contributed by atoms with Crippen molar-refractivity contribution in [3.63, 3.8) is 0 Å². The van der Waals surface area contributed by atoms with Gasteiger partial charge >= 0.3 is 0 Å². The van der Waals surface area contributed by atoms with Crippen molar-refractivity contribution >= 4 is 38.4 Å². The maximum atomic E-state index is 11.9. The van der Waals surface area contributed by atoms with Gasteiger partial charge in [-0.25, -0.2) is 0 Å². The third-order valence-corrected chi connectivity index (χ3v) is 2.78. The molecule has 1 aromatic heterocycles. The topological polar surface area (TPSA) is 42.0 Å². The molecular formula is C13H13BrN2O. The van der Waals surface area contributed by atoms with Crippen molar-refractivity contribution < 1.29 is 4.79 Å². The van der Waals surface area contributed by atoms with Crippen LogP contribution in [-0.4, -0.2) is 15.2 Å². The number of fused-ring (bicyclic) bond motifs is 1. The van der Waals surface area contributed by atoms with Gasteiger partial charge in [-0.15, -0.1) is 0 Å². The molecule has 0 bridgehead atoms. The zero-order valence-electron chi connectivity index (χ0n) is 9.70. The van der Waals surface area contributed by atoms with Crippen LogP contribution in [0.3, 0.4) is 0 Å². The van der Waals surface area contributed by atoms with Gasteiger partial charge < -0.3 is 5.32 Å². The van der Waals surface area contributed by atoms with Crippen LogP contribution in [0.1, 0.15) is 13.8 Å². The first-order chi connectivity index (χ1) is 7.98. The van der Waals surface area contributed by atoms with E-state index in [1.165, 1.54) is 0 Å². The summed E-state index contributed by atoms with van der Waals surface area (Å²) < 4.78 is -0.593. The average Bonchev–Trinajstić information content (AvgIpc) is 2.28. The first-order valence-electron chi connectivity index (χ1n) is 5.32. The molecule has 1 aromatic carbocycles. The van der Waals surface area contributed by atoms with Gasteiger partial charge in [0.2, 0.25) is 5.91 Å². The number of nitrogens with one attached hydrogen (secondary N) is 1. The van der Waals surface area contributed by atoms with Crippen LogP contribution in [0.4, 0.5) is 5.69 Å². The molecule has 0 aliphatic rings. The number of para-hydroxylation sites is 1. The predicted molar refractivity (Wildman–Crippen MR) is 73.4 cm³/mol. The van der Waals surface area contributed by atoms with Gasteiger partial charge in [-0.3, -0.25) is 9.78 Å². The summed E-state index contributed by atoms with van der Waals surface area (Å²) in [5, 5.41) is 3.89. The Bertz CT molecular complexity index is 555. The number of alkyl halides is 1. The molecule has 0 saturated heterocycles. The Morgan fingerprint density at radius 3 is 2.71 bits per heavy atom. The van der Waals surface area contributed by atoms with Gasteiger partial charge in [-0.1, -0.05) is 34.1 Å². The van der Waals surface area contributed by atoms with Gasteiger partial charge in [0.25, 0.3) is 0 Å². The molecule has 1 N–H and O–H groups in total. The summed E-state index contributed by atoms with van der Waals surface area (Å²) >= 11 is 3.33. The Labute approximate surface area is 108 Å². The Morgan fingerprint density at radius 1 is 1.29 bits per heavy atom. The van der Waals surface area contributed by atoms with E-state index in [0.29, 0.717) is 0 Å². The second kappa shape index (κ2) is 4.45. The maximum Gasteiger partial charge on any atom is 0.240 e. The fraction of sp³-hybridized carbons (Fsp3) is 0.231. The molecule has 2 rings (SSSR count). The van der Waals surface area contributed by atoms with Gasteiger partial charge in [-0.05, 0) is 26.0 Å². The lowest BCUT2D eigenvalue weighted by Gasteiger charge is -2.16. The van der Waals surface area contributed by atoms with E-state index < -0.39 is 4.32 Å². The van der Waals surface area contributed by atoms with Crippen LogP contribution < -0.4 is 5.32 Å². The van der Waals surface area contributed by atoms with E-state index in [2.05, 4.69) is 26.2 Å². The first-order valence-corrected chi connectivity index (χ1v) is 6.12. The molecule has 17 heavy (non-hydrogen) atoms. The van der Waals surface area contributed by atoms with Gasteiger partial charge in [0.1, 0.15) is 0 Å². The normalized spacial score (nSPS) is 11.5. The zero-order chi connectivity index (χ0) is 12.5. The van der Waals surface area contributed by atoms with Crippen molar-refractivity contribution in [2.24, 2.45) is 0 Å². The summed E-state index contributed by atoms with van der Waals surface area (Å²) in [7, 11) is 0. The monoisotopic (exact) mass is 292 g/mol. The molecule has 0 unspecified atom stereocenters. The standard InChI is InChI=1S/C13H13BrN2O/c1-13(2,14)12(17)16-10-7-3-5-9-6-4-8-15-11(9)10/h3-8H,1-2H3,(H,16,17). The number of halogens is 1. The summed E-state index contributed by atoms with van der Waals surface area (Å²) in [6.45, 7) is 3.61. The number of hydrogen-bond acceptors (Lipinski definition) is 2. The van der Waals surface area contributed by atoms with E-state index in [0.717, 1.165) is 16.6 Å². The third-order valence-electron chi connectivity index (χ3n) is 2.42. The lowest BCUT2D eigenvalue weighted by atomic mass is 10.1. The van der Waals surface area contributed by atoms with Crippen LogP contribution in [0.25, 0.3) is 10.9 Å². The number of aromatic nitrogens is 1. The summed E-state index contributed by atoms with van der Waals surface area (Å²) in [5.74, 6) is -0.0874. The van der Waals surface area contributed by atoms with E-state index in [1.807, 2.05) is 30.3 Å². The number of carbonyl (C=O) groups is 1. The van der Waals surface area contributed by atoms with Crippen molar-refractivity contribution in [2.75, 3.05) is 5.32 Å². The quantitative estimate of drug-likeness (QED) is 0.863. The van der Waals surface area contributed by atoms with Crippen LogP contribution in [0.15, 0.2) is 36.5 Å². The van der Waals surface area contributed by atoms with Crippen molar-refractivity contribution in [1.29, 1.82) is 0 Å². The molecule has 0 saturated carbocycles. The van der Waals surface area contributed by atoms with E-state index in [9.17, 15) is 4.79 Å². The average molecular weight is 293 g/mol. The minimum absolute atomic E-state index is 0.0874.